The molecule has 4 nitrogen and oxygen atoms in total. The molecule has 0 fully saturated rings. The molecule has 0 aliphatic carbocycles. The van der Waals surface area contributed by atoms with E-state index in [0.29, 0.717) is 5.69 Å². The number of benzene rings is 1. The molecule has 1 aromatic carbocycles. The molecule has 0 aliphatic rings. The van der Waals surface area contributed by atoms with Gasteiger partial charge in [0, 0.05) is 11.6 Å². The lowest BCUT2D eigenvalue weighted by atomic mass is 10.1. The summed E-state index contributed by atoms with van der Waals surface area (Å²) in [6.07, 6.45) is 1.26. The molecule has 0 spiro atoms. The lowest BCUT2D eigenvalue weighted by molar-refractivity contribution is -0.385. The largest absolute Gasteiger partial charge is 0.287 e. The van der Waals surface area contributed by atoms with E-state index in [9.17, 15) is 10.1 Å². The minimum atomic E-state index is -0.462. The third-order valence-corrected chi connectivity index (χ3v) is 2.21. The fourth-order valence-electron chi connectivity index (χ4n) is 1.34. The van der Waals surface area contributed by atoms with Gasteiger partial charge >= 0.3 is 0 Å². The Labute approximate surface area is 92.7 Å². The second kappa shape index (κ2) is 4.10. The summed E-state index contributed by atoms with van der Waals surface area (Å²) in [7, 11) is 0. The number of hydrogen-bond acceptors (Lipinski definition) is 3. The van der Waals surface area contributed by atoms with Crippen LogP contribution in [-0.4, -0.2) is 9.91 Å². The lowest BCUT2D eigenvalue weighted by Gasteiger charge is -2.00. The average molecular weight is 213 g/mol. The van der Waals surface area contributed by atoms with Gasteiger partial charge in [-0.3, -0.25) is 10.1 Å². The number of pyridine rings is 1. The van der Waals surface area contributed by atoms with E-state index in [-0.39, 0.29) is 5.69 Å². The molecule has 1 aromatic heterocycles. The molecule has 0 aliphatic heterocycles. The summed E-state index contributed by atoms with van der Waals surface area (Å²) in [4.78, 5) is 14.0. The second-order valence-electron chi connectivity index (χ2n) is 3.36. The van der Waals surface area contributed by atoms with E-state index < -0.39 is 4.92 Å². The van der Waals surface area contributed by atoms with Gasteiger partial charge in [-0.2, -0.15) is 0 Å². The first-order valence-electron chi connectivity index (χ1n) is 4.69. The minimum absolute atomic E-state index is 0.00229. The second-order valence-corrected chi connectivity index (χ2v) is 3.36. The number of aromatic nitrogens is 1. The fourth-order valence-corrected chi connectivity index (χ4v) is 1.34. The van der Waals surface area contributed by atoms with Gasteiger partial charge in [-0.1, -0.05) is 24.3 Å². The summed E-state index contributed by atoms with van der Waals surface area (Å²) in [5, 5.41) is 10.5. The molecule has 0 atom stereocenters. The Morgan fingerprint density at radius 3 is 2.31 bits per heavy atom. The monoisotopic (exact) mass is 213 g/mol. The quantitative estimate of drug-likeness (QED) is 0.569. The Morgan fingerprint density at radius 1 is 1.12 bits per heavy atom. The molecule has 79 valence electrons. The molecule has 0 bridgehead atoms. The van der Waals surface area contributed by atoms with Crippen molar-refractivity contribution in [3.63, 3.8) is 0 Å². The Kier molecular flexibility index (Phi) is 2.64. The van der Waals surface area contributed by atoms with Gasteiger partial charge in [0.1, 0.15) is 6.20 Å². The maximum absolute atomic E-state index is 10.5. The van der Waals surface area contributed by atoms with Crippen molar-refractivity contribution in [2.24, 2.45) is 0 Å². The first-order valence-corrected chi connectivity index (χ1v) is 4.69. The van der Waals surface area contributed by atoms with Crippen LogP contribution in [0.25, 0.3) is 11.3 Å². The van der Waals surface area contributed by atoms with Gasteiger partial charge in [-0.25, -0.2) is 4.98 Å². The maximum atomic E-state index is 10.5. The highest BCUT2D eigenvalue weighted by atomic mass is 16.6. The van der Waals surface area contributed by atoms with Crippen molar-refractivity contribution < 1.29 is 4.92 Å². The van der Waals surface area contributed by atoms with Crippen LogP contribution in [0.1, 0.15) is 5.56 Å². The van der Waals surface area contributed by atoms with Crippen molar-refractivity contribution in [2.45, 2.75) is 0 Å². The van der Waals surface area contributed by atoms with Crippen LogP contribution in [0.4, 0.5) is 5.69 Å². The van der Waals surface area contributed by atoms with Gasteiger partial charge in [0.25, 0.3) is 5.69 Å². The van der Waals surface area contributed by atoms with Crippen LogP contribution in [0.5, 0.6) is 0 Å². The molecular weight excluding hydrogens is 204 g/mol. The van der Waals surface area contributed by atoms with Crippen LogP contribution in [-0.2, 0) is 0 Å². The summed E-state index contributed by atoms with van der Waals surface area (Å²) >= 11 is 0. The molecule has 0 unspecified atom stereocenters. The molecule has 1 radical (unpaired) electrons. The van der Waals surface area contributed by atoms with E-state index in [0.717, 1.165) is 11.1 Å². The van der Waals surface area contributed by atoms with Crippen molar-refractivity contribution in [1.29, 1.82) is 0 Å². The molecule has 0 saturated heterocycles. The molecule has 2 aromatic rings. The van der Waals surface area contributed by atoms with Crippen LogP contribution < -0.4 is 0 Å². The highest BCUT2D eigenvalue weighted by molar-refractivity contribution is 5.60. The molecule has 4 heteroatoms. The van der Waals surface area contributed by atoms with Crippen molar-refractivity contribution in [1.82, 2.24) is 4.98 Å². The highest BCUT2D eigenvalue weighted by Crippen LogP contribution is 2.19. The molecule has 1 heterocycles. The normalized spacial score (nSPS) is 10.1. The average Bonchev–Trinajstić information content (AvgIpc) is 2.30. The first kappa shape index (κ1) is 10.3. The summed E-state index contributed by atoms with van der Waals surface area (Å²) in [6, 6.07) is 10.6. The van der Waals surface area contributed by atoms with Crippen LogP contribution >= 0.6 is 0 Å². The van der Waals surface area contributed by atoms with E-state index in [1.807, 2.05) is 24.3 Å². The maximum Gasteiger partial charge on any atom is 0.287 e. The van der Waals surface area contributed by atoms with Crippen LogP contribution in [0.3, 0.4) is 0 Å². The van der Waals surface area contributed by atoms with Gasteiger partial charge in [-0.05, 0) is 18.6 Å². The Bertz CT molecular complexity index is 504. The summed E-state index contributed by atoms with van der Waals surface area (Å²) < 4.78 is 0. The van der Waals surface area contributed by atoms with Gasteiger partial charge in [-0.15, -0.1) is 0 Å². The fraction of sp³-hybridized carbons (Fsp3) is 0. The topological polar surface area (TPSA) is 56.0 Å². The van der Waals surface area contributed by atoms with Crippen molar-refractivity contribution >= 4 is 5.69 Å². The van der Waals surface area contributed by atoms with Gasteiger partial charge in [0.2, 0.25) is 0 Å². The lowest BCUT2D eigenvalue weighted by Crippen LogP contribution is -1.90. The van der Waals surface area contributed by atoms with Gasteiger partial charge in [0.15, 0.2) is 0 Å². The van der Waals surface area contributed by atoms with E-state index in [2.05, 4.69) is 11.9 Å². The Balaban J connectivity index is 2.34. The predicted octanol–water partition coefficient (Wildman–Crippen LogP) is 2.84. The Morgan fingerprint density at radius 2 is 1.81 bits per heavy atom. The molecule has 0 amide bonds. The molecule has 0 saturated carbocycles. The Hall–Kier alpha value is -2.23. The minimum Gasteiger partial charge on any atom is -0.258 e. The predicted molar refractivity (Wildman–Crippen MR) is 60.8 cm³/mol. The van der Waals surface area contributed by atoms with E-state index in [1.54, 1.807) is 6.07 Å². The summed E-state index contributed by atoms with van der Waals surface area (Å²) in [5.74, 6) is 0. The molecular formula is C12H9N2O2. The van der Waals surface area contributed by atoms with Crippen LogP contribution in [0.2, 0.25) is 0 Å². The third kappa shape index (κ3) is 2.06. The molecule has 0 N–H and O–H groups in total. The zero-order chi connectivity index (χ0) is 11.5. The number of hydrogen-bond donors (Lipinski definition) is 0. The van der Waals surface area contributed by atoms with E-state index >= 15 is 0 Å². The number of nitrogens with zero attached hydrogens (tertiary/aromatic N) is 2. The zero-order valence-electron chi connectivity index (χ0n) is 8.46. The SMILES string of the molecule is [CH2]c1ccc(-c2ccc([N+](=O)[O-])cn2)cc1. The molecule has 16 heavy (non-hydrogen) atoms. The van der Waals surface area contributed by atoms with E-state index in [4.69, 9.17) is 0 Å². The summed E-state index contributed by atoms with van der Waals surface area (Å²) in [5.41, 5.74) is 2.55. The number of rotatable bonds is 2. The van der Waals surface area contributed by atoms with Crippen LogP contribution in [0.15, 0.2) is 42.6 Å². The van der Waals surface area contributed by atoms with Crippen molar-refractivity contribution in [3.8, 4) is 11.3 Å². The van der Waals surface area contributed by atoms with Gasteiger partial charge < -0.3 is 0 Å². The molecule has 2 rings (SSSR count). The summed E-state index contributed by atoms with van der Waals surface area (Å²) in [6.45, 7) is 3.78. The first-order chi connectivity index (χ1) is 7.66. The highest BCUT2D eigenvalue weighted by Gasteiger charge is 2.05. The zero-order valence-corrected chi connectivity index (χ0v) is 8.46. The van der Waals surface area contributed by atoms with Crippen molar-refractivity contribution in [3.05, 3.63) is 65.2 Å². The number of nitro groups is 1. The third-order valence-electron chi connectivity index (χ3n) is 2.21. The van der Waals surface area contributed by atoms with Crippen LogP contribution in [0, 0.1) is 17.0 Å². The standard InChI is InChI=1S/C12H9N2O2/c1-9-2-4-10(5-3-9)12-7-6-11(8-13-12)14(15)16/h2-8H,1H2. The van der Waals surface area contributed by atoms with E-state index in [1.165, 1.54) is 12.3 Å². The smallest absolute Gasteiger partial charge is 0.258 e. The van der Waals surface area contributed by atoms with Gasteiger partial charge in [0.05, 0.1) is 10.6 Å². The van der Waals surface area contributed by atoms with Crippen molar-refractivity contribution in [2.75, 3.05) is 0 Å².